The van der Waals surface area contributed by atoms with E-state index in [1.807, 2.05) is 5.40 Å². The second-order valence-corrected chi connectivity index (χ2v) is 2.57. The Morgan fingerprint density at radius 2 is 2.67 bits per heavy atom. The predicted molar refractivity (Wildman–Crippen MR) is 42.1 cm³/mol. The van der Waals surface area contributed by atoms with Crippen molar-refractivity contribution in [1.82, 2.24) is 0 Å². The van der Waals surface area contributed by atoms with E-state index < -0.39 is 0 Å². The number of nitrogens with zero attached hydrogens (tertiary/aromatic N) is 1. The average Bonchev–Trinajstić information content (AvgIpc) is 1.88. The molecule has 0 aromatic carbocycles. The number of hydrogen-bond acceptors (Lipinski definition) is 3. The summed E-state index contributed by atoms with van der Waals surface area (Å²) in [5, 5.41) is 10.1. The Morgan fingerprint density at radius 1 is 2.00 bits per heavy atom. The summed E-state index contributed by atoms with van der Waals surface area (Å²) in [6.07, 6.45) is 0. The summed E-state index contributed by atoms with van der Waals surface area (Å²) in [4.78, 5) is 2.56. The van der Waals surface area contributed by atoms with Crippen LogP contribution in [-0.4, -0.2) is 13.7 Å². The first-order valence-corrected chi connectivity index (χ1v) is 3.92. The molecule has 0 aromatic rings. The smallest absolute Gasteiger partial charge is 0.138 e. The molecule has 0 rings (SSSR count). The average molecular weight is 208 g/mol. The van der Waals surface area contributed by atoms with Crippen molar-refractivity contribution in [3.8, 4) is 5.40 Å². The van der Waals surface area contributed by atoms with Crippen molar-refractivity contribution < 1.29 is 4.74 Å². The van der Waals surface area contributed by atoms with Crippen LogP contribution in [0.25, 0.3) is 0 Å². The third-order valence-corrected chi connectivity index (χ3v) is 2.03. The van der Waals surface area contributed by atoms with Crippen LogP contribution in [0.2, 0.25) is 0 Å². The van der Waals surface area contributed by atoms with Crippen molar-refractivity contribution in [3.05, 3.63) is 9.89 Å². The van der Waals surface area contributed by atoms with Gasteiger partial charge in [0.05, 0.1) is 6.61 Å². The molecule has 0 saturated heterocycles. The zero-order chi connectivity index (χ0) is 7.11. The fourth-order valence-electron chi connectivity index (χ4n) is 0.284. The summed E-state index contributed by atoms with van der Waals surface area (Å²) in [5.74, 6) is 0. The zero-order valence-electron chi connectivity index (χ0n) is 4.93. The van der Waals surface area contributed by atoms with Crippen LogP contribution >= 0.6 is 27.7 Å². The largest absolute Gasteiger partial charge is 0.379 e. The first-order valence-electron chi connectivity index (χ1n) is 2.19. The number of methoxy groups -OCH3 is 1. The zero-order valence-corrected chi connectivity index (χ0v) is 7.33. The van der Waals surface area contributed by atoms with Crippen LogP contribution in [0.1, 0.15) is 0 Å². The number of hydrogen-bond donors (Lipinski definition) is 0. The van der Waals surface area contributed by atoms with Gasteiger partial charge < -0.3 is 4.74 Å². The van der Waals surface area contributed by atoms with Gasteiger partial charge in [0, 0.05) is 12.0 Å². The maximum atomic E-state index is 8.19. The van der Waals surface area contributed by atoms with E-state index in [4.69, 9.17) is 10.00 Å². The van der Waals surface area contributed by atoms with E-state index in [1.165, 1.54) is 0 Å². The molecule has 0 radical (unpaired) electrons. The van der Waals surface area contributed by atoms with E-state index >= 15 is 0 Å². The van der Waals surface area contributed by atoms with Gasteiger partial charge in [-0.15, -0.1) is 0 Å². The molecule has 0 saturated carbocycles. The minimum atomic E-state index is 0.490. The van der Waals surface area contributed by atoms with Gasteiger partial charge in [-0.1, -0.05) is 15.9 Å². The SMILES string of the molecule is COC/C(=C\Br)SC#N. The second-order valence-electron chi connectivity index (χ2n) is 1.20. The van der Waals surface area contributed by atoms with Crippen molar-refractivity contribution in [1.29, 1.82) is 5.26 Å². The van der Waals surface area contributed by atoms with Crippen molar-refractivity contribution in [2.75, 3.05) is 13.7 Å². The van der Waals surface area contributed by atoms with Gasteiger partial charge in [0.25, 0.3) is 0 Å². The minimum absolute atomic E-state index is 0.490. The van der Waals surface area contributed by atoms with Crippen molar-refractivity contribution >= 4 is 27.7 Å². The van der Waals surface area contributed by atoms with Gasteiger partial charge in [-0.25, -0.2) is 0 Å². The predicted octanol–water partition coefficient (Wildman–Crippen LogP) is 2.08. The molecule has 0 spiro atoms. The lowest BCUT2D eigenvalue weighted by Crippen LogP contribution is -1.87. The Labute approximate surface area is 67.0 Å². The highest BCUT2D eigenvalue weighted by atomic mass is 79.9. The minimum Gasteiger partial charge on any atom is -0.379 e. The van der Waals surface area contributed by atoms with Crippen molar-refractivity contribution in [3.63, 3.8) is 0 Å². The number of rotatable bonds is 3. The maximum absolute atomic E-state index is 8.19. The van der Waals surface area contributed by atoms with E-state index in [-0.39, 0.29) is 0 Å². The normalized spacial score (nSPS) is 11.0. The molecule has 2 nitrogen and oxygen atoms in total. The van der Waals surface area contributed by atoms with Gasteiger partial charge in [0.15, 0.2) is 0 Å². The summed E-state index contributed by atoms with van der Waals surface area (Å²) < 4.78 is 4.78. The number of thioether (sulfide) groups is 1. The maximum Gasteiger partial charge on any atom is 0.138 e. The van der Waals surface area contributed by atoms with Gasteiger partial charge in [-0.3, -0.25) is 0 Å². The van der Waals surface area contributed by atoms with E-state index in [0.717, 1.165) is 16.7 Å². The molecule has 0 aromatic heterocycles. The fourth-order valence-corrected chi connectivity index (χ4v) is 1.04. The lowest BCUT2D eigenvalue weighted by atomic mass is 10.7. The van der Waals surface area contributed by atoms with Gasteiger partial charge >= 0.3 is 0 Å². The lowest BCUT2D eigenvalue weighted by molar-refractivity contribution is 0.232. The van der Waals surface area contributed by atoms with Crippen LogP contribution < -0.4 is 0 Å². The molecule has 9 heavy (non-hydrogen) atoms. The number of thiocyanates is 1. The summed E-state index contributed by atoms with van der Waals surface area (Å²) >= 11 is 4.20. The van der Waals surface area contributed by atoms with Crippen LogP contribution in [0.3, 0.4) is 0 Å². The van der Waals surface area contributed by atoms with Crippen molar-refractivity contribution in [2.24, 2.45) is 0 Å². The summed E-state index contributed by atoms with van der Waals surface area (Å²) in [5.41, 5.74) is 0. The summed E-state index contributed by atoms with van der Waals surface area (Å²) in [7, 11) is 1.59. The Bertz CT molecular complexity index is 140. The molecule has 0 aliphatic carbocycles. The van der Waals surface area contributed by atoms with Crippen LogP contribution in [0.5, 0.6) is 0 Å². The number of ether oxygens (including phenoxy) is 1. The molecule has 0 unspecified atom stereocenters. The third-order valence-electron chi connectivity index (χ3n) is 0.585. The molecular weight excluding hydrogens is 202 g/mol. The summed E-state index contributed by atoms with van der Waals surface area (Å²) in [6.45, 7) is 0.490. The fraction of sp³-hybridized carbons (Fsp3) is 0.400. The monoisotopic (exact) mass is 207 g/mol. The first kappa shape index (κ1) is 9.02. The van der Waals surface area contributed by atoms with E-state index in [9.17, 15) is 0 Å². The van der Waals surface area contributed by atoms with Gasteiger partial charge in [-0.2, -0.15) is 5.26 Å². The van der Waals surface area contributed by atoms with Crippen molar-refractivity contribution in [2.45, 2.75) is 0 Å². The Balaban J connectivity index is 3.59. The van der Waals surface area contributed by atoms with Crippen LogP contribution in [0, 0.1) is 10.7 Å². The Hall–Kier alpha value is 0.0200. The van der Waals surface area contributed by atoms with Gasteiger partial charge in [-0.05, 0) is 16.7 Å². The highest BCUT2D eigenvalue weighted by Crippen LogP contribution is 2.14. The molecule has 4 heteroatoms. The van der Waals surface area contributed by atoms with Gasteiger partial charge in [0.1, 0.15) is 5.40 Å². The molecule has 50 valence electrons. The quantitative estimate of drug-likeness (QED) is 0.665. The molecular formula is C5H6BrNOS. The van der Waals surface area contributed by atoms with Crippen LogP contribution in [-0.2, 0) is 4.74 Å². The Kier molecular flexibility index (Phi) is 6.16. The molecule has 0 aliphatic heterocycles. The highest BCUT2D eigenvalue weighted by molar-refractivity contribution is 9.11. The molecule has 0 amide bonds. The second kappa shape index (κ2) is 6.14. The molecule has 0 bridgehead atoms. The topological polar surface area (TPSA) is 33.0 Å². The first-order chi connectivity index (χ1) is 4.35. The molecule has 0 fully saturated rings. The molecule has 0 aliphatic rings. The van der Waals surface area contributed by atoms with E-state index in [2.05, 4.69) is 15.9 Å². The number of halogens is 1. The Morgan fingerprint density at radius 3 is 3.00 bits per heavy atom. The molecule has 0 atom stereocenters. The lowest BCUT2D eigenvalue weighted by Gasteiger charge is -1.95. The van der Waals surface area contributed by atoms with Crippen LogP contribution in [0.15, 0.2) is 9.89 Å². The van der Waals surface area contributed by atoms with E-state index in [1.54, 1.807) is 12.1 Å². The molecule has 0 heterocycles. The summed E-state index contributed by atoms with van der Waals surface area (Å²) in [6, 6.07) is 0. The standard InChI is InChI=1S/C5H6BrNOS/c1-8-3-5(2-6)9-4-7/h2H,3H2,1H3/b5-2+. The third kappa shape index (κ3) is 4.52. The van der Waals surface area contributed by atoms with E-state index in [0.29, 0.717) is 6.61 Å². The number of nitriles is 1. The van der Waals surface area contributed by atoms with Gasteiger partial charge in [0.2, 0.25) is 0 Å². The molecule has 0 N–H and O–H groups in total. The van der Waals surface area contributed by atoms with Crippen LogP contribution in [0.4, 0.5) is 0 Å². The highest BCUT2D eigenvalue weighted by Gasteiger charge is 1.93.